The zero-order valence-electron chi connectivity index (χ0n) is 17.6. The van der Waals surface area contributed by atoms with Crippen molar-refractivity contribution in [3.05, 3.63) is 23.8 Å². The number of rotatable bonds is 5. The van der Waals surface area contributed by atoms with E-state index < -0.39 is 6.09 Å². The van der Waals surface area contributed by atoms with Crippen LogP contribution in [0.3, 0.4) is 0 Å². The zero-order valence-corrected chi connectivity index (χ0v) is 17.6. The standard InChI is InChI=1S/C21H31N3O5/c1-21(2,3)23-20(26)28-14-7-10-24(11-8-14)12-9-18-16-6-5-15(27-4)13-17(16)22-19(25)29-18/h5-6,13-14,18H,7-12H2,1-4H3,(H,22,25)(H,23,26). The van der Waals surface area contributed by atoms with Crippen LogP contribution < -0.4 is 15.4 Å². The Hall–Kier alpha value is -2.48. The van der Waals surface area contributed by atoms with Gasteiger partial charge in [0.2, 0.25) is 0 Å². The van der Waals surface area contributed by atoms with Crippen molar-refractivity contribution in [2.24, 2.45) is 0 Å². The minimum Gasteiger partial charge on any atom is -0.497 e. The second-order valence-corrected chi connectivity index (χ2v) is 8.58. The van der Waals surface area contributed by atoms with E-state index in [4.69, 9.17) is 14.2 Å². The summed E-state index contributed by atoms with van der Waals surface area (Å²) in [6.07, 6.45) is 1.18. The lowest BCUT2D eigenvalue weighted by Crippen LogP contribution is -2.44. The van der Waals surface area contributed by atoms with Crippen molar-refractivity contribution in [2.45, 2.75) is 57.8 Å². The normalized spacial score (nSPS) is 20.3. The Balaban J connectivity index is 1.47. The molecule has 0 bridgehead atoms. The van der Waals surface area contributed by atoms with Gasteiger partial charge in [0.05, 0.1) is 12.8 Å². The number of cyclic esters (lactones) is 1. The fourth-order valence-corrected chi connectivity index (χ4v) is 3.64. The van der Waals surface area contributed by atoms with E-state index in [9.17, 15) is 9.59 Å². The van der Waals surface area contributed by atoms with Crippen molar-refractivity contribution in [3.8, 4) is 5.75 Å². The van der Waals surface area contributed by atoms with Crippen molar-refractivity contribution < 1.29 is 23.8 Å². The predicted octanol–water partition coefficient (Wildman–Crippen LogP) is 3.68. The van der Waals surface area contributed by atoms with Crippen LogP contribution in [-0.2, 0) is 9.47 Å². The van der Waals surface area contributed by atoms with Crippen LogP contribution >= 0.6 is 0 Å². The number of carbonyl (C=O) groups excluding carboxylic acids is 2. The molecular weight excluding hydrogens is 374 g/mol. The average molecular weight is 405 g/mol. The van der Waals surface area contributed by atoms with Crippen LogP contribution in [0.1, 0.15) is 51.7 Å². The molecule has 0 aliphatic carbocycles. The molecule has 2 N–H and O–H groups in total. The summed E-state index contributed by atoms with van der Waals surface area (Å²) in [6.45, 7) is 8.30. The van der Waals surface area contributed by atoms with E-state index in [1.54, 1.807) is 7.11 Å². The summed E-state index contributed by atoms with van der Waals surface area (Å²) in [7, 11) is 1.60. The van der Waals surface area contributed by atoms with E-state index >= 15 is 0 Å². The molecule has 8 nitrogen and oxygen atoms in total. The highest BCUT2D eigenvalue weighted by Crippen LogP contribution is 2.35. The van der Waals surface area contributed by atoms with E-state index in [1.165, 1.54) is 0 Å². The molecule has 1 fully saturated rings. The Morgan fingerprint density at radius 1 is 1.31 bits per heavy atom. The third kappa shape index (κ3) is 6.00. The summed E-state index contributed by atoms with van der Waals surface area (Å²) >= 11 is 0. The maximum Gasteiger partial charge on any atom is 0.412 e. The molecule has 0 aromatic heterocycles. The molecule has 0 spiro atoms. The second-order valence-electron chi connectivity index (χ2n) is 8.58. The van der Waals surface area contributed by atoms with E-state index in [0.29, 0.717) is 12.2 Å². The van der Waals surface area contributed by atoms with E-state index in [2.05, 4.69) is 15.5 Å². The van der Waals surface area contributed by atoms with Crippen molar-refractivity contribution in [3.63, 3.8) is 0 Å². The van der Waals surface area contributed by atoms with Crippen LogP contribution in [-0.4, -0.2) is 55.5 Å². The van der Waals surface area contributed by atoms with Crippen LogP contribution in [0.4, 0.5) is 15.3 Å². The number of alkyl carbamates (subject to hydrolysis) is 1. The summed E-state index contributed by atoms with van der Waals surface area (Å²) in [5, 5.41) is 5.56. The van der Waals surface area contributed by atoms with Crippen molar-refractivity contribution in [2.75, 3.05) is 32.1 Å². The summed E-state index contributed by atoms with van der Waals surface area (Å²) in [4.78, 5) is 26.1. The number of ether oxygens (including phenoxy) is 3. The lowest BCUT2D eigenvalue weighted by atomic mass is 10.0. The van der Waals surface area contributed by atoms with Crippen LogP contribution in [0.25, 0.3) is 0 Å². The fraction of sp³-hybridized carbons (Fsp3) is 0.619. The minimum absolute atomic E-state index is 0.0569. The molecule has 3 rings (SSSR count). The van der Waals surface area contributed by atoms with Gasteiger partial charge in [-0.2, -0.15) is 0 Å². The lowest BCUT2D eigenvalue weighted by Gasteiger charge is -2.34. The molecule has 1 saturated heterocycles. The topological polar surface area (TPSA) is 89.1 Å². The van der Waals surface area contributed by atoms with Gasteiger partial charge in [-0.3, -0.25) is 5.32 Å². The Morgan fingerprint density at radius 2 is 2.03 bits per heavy atom. The summed E-state index contributed by atoms with van der Waals surface area (Å²) in [6, 6.07) is 5.62. The number of hydrogen-bond acceptors (Lipinski definition) is 6. The molecule has 0 saturated carbocycles. The van der Waals surface area contributed by atoms with Crippen LogP contribution in [0.5, 0.6) is 5.75 Å². The third-order valence-corrected chi connectivity index (χ3v) is 5.09. The van der Waals surface area contributed by atoms with Gasteiger partial charge in [0.15, 0.2) is 0 Å². The highest BCUT2D eigenvalue weighted by molar-refractivity contribution is 5.88. The molecule has 1 atom stereocenters. The van der Waals surface area contributed by atoms with Gasteiger partial charge < -0.3 is 24.4 Å². The highest BCUT2D eigenvalue weighted by Gasteiger charge is 2.29. The first-order valence-corrected chi connectivity index (χ1v) is 10.1. The molecule has 2 aliphatic heterocycles. The van der Waals surface area contributed by atoms with Gasteiger partial charge in [-0.15, -0.1) is 0 Å². The van der Waals surface area contributed by atoms with Gasteiger partial charge >= 0.3 is 12.2 Å². The summed E-state index contributed by atoms with van der Waals surface area (Å²) in [5.74, 6) is 0.697. The van der Waals surface area contributed by atoms with E-state index in [0.717, 1.165) is 43.7 Å². The number of methoxy groups -OCH3 is 1. The maximum atomic E-state index is 11.9. The monoisotopic (exact) mass is 405 g/mol. The van der Waals surface area contributed by atoms with Gasteiger partial charge in [0.25, 0.3) is 0 Å². The second kappa shape index (κ2) is 8.90. The molecular formula is C21H31N3O5. The number of piperidine rings is 1. The number of nitrogens with one attached hydrogen (secondary N) is 2. The molecule has 8 heteroatoms. The molecule has 2 aliphatic rings. The van der Waals surface area contributed by atoms with E-state index in [-0.39, 0.29) is 23.8 Å². The number of fused-ring (bicyclic) bond motifs is 1. The summed E-state index contributed by atoms with van der Waals surface area (Å²) < 4.78 is 16.3. The fourth-order valence-electron chi connectivity index (χ4n) is 3.64. The number of carbonyl (C=O) groups is 2. The minimum atomic E-state index is -0.437. The van der Waals surface area contributed by atoms with Crippen molar-refractivity contribution in [1.29, 1.82) is 0 Å². The molecule has 2 amide bonds. The molecule has 2 heterocycles. The van der Waals surface area contributed by atoms with Gasteiger partial charge in [-0.1, -0.05) is 0 Å². The van der Waals surface area contributed by atoms with Gasteiger partial charge in [-0.05, 0) is 45.7 Å². The number of anilines is 1. The third-order valence-electron chi connectivity index (χ3n) is 5.09. The first-order chi connectivity index (χ1) is 13.7. The Bertz CT molecular complexity index is 738. The quantitative estimate of drug-likeness (QED) is 0.777. The molecule has 0 radical (unpaired) electrons. The molecule has 1 aromatic carbocycles. The molecule has 160 valence electrons. The number of nitrogens with zero attached hydrogens (tertiary/aromatic N) is 1. The highest BCUT2D eigenvalue weighted by atomic mass is 16.6. The number of benzene rings is 1. The predicted molar refractivity (Wildman–Crippen MR) is 109 cm³/mol. The first-order valence-electron chi connectivity index (χ1n) is 10.1. The molecule has 1 unspecified atom stereocenters. The summed E-state index contributed by atoms with van der Waals surface area (Å²) in [5.41, 5.74) is 1.40. The van der Waals surface area contributed by atoms with Gasteiger partial charge in [0, 0.05) is 43.2 Å². The first kappa shape index (κ1) is 21.2. The smallest absolute Gasteiger partial charge is 0.412 e. The molecule has 1 aromatic rings. The number of likely N-dealkylation sites (tertiary alicyclic amines) is 1. The van der Waals surface area contributed by atoms with Crippen LogP contribution in [0, 0.1) is 0 Å². The largest absolute Gasteiger partial charge is 0.497 e. The lowest BCUT2D eigenvalue weighted by molar-refractivity contribution is 0.0407. The van der Waals surface area contributed by atoms with E-state index in [1.807, 2.05) is 39.0 Å². The van der Waals surface area contributed by atoms with Gasteiger partial charge in [0.1, 0.15) is 18.0 Å². The Morgan fingerprint density at radius 3 is 2.69 bits per heavy atom. The average Bonchev–Trinajstić information content (AvgIpc) is 2.65. The van der Waals surface area contributed by atoms with Crippen molar-refractivity contribution >= 4 is 17.9 Å². The van der Waals surface area contributed by atoms with Crippen LogP contribution in [0.15, 0.2) is 18.2 Å². The number of amides is 2. The Labute approximate surface area is 171 Å². The maximum absolute atomic E-state index is 11.9. The number of hydrogen-bond donors (Lipinski definition) is 2. The van der Waals surface area contributed by atoms with Gasteiger partial charge in [-0.25, -0.2) is 9.59 Å². The zero-order chi connectivity index (χ0) is 21.0. The van der Waals surface area contributed by atoms with Crippen molar-refractivity contribution in [1.82, 2.24) is 10.2 Å². The SMILES string of the molecule is COc1ccc2c(c1)NC(=O)OC2CCN1CCC(OC(=O)NC(C)(C)C)CC1. The Kier molecular flexibility index (Phi) is 6.52. The molecule has 29 heavy (non-hydrogen) atoms. The van der Waals surface area contributed by atoms with Crippen LogP contribution in [0.2, 0.25) is 0 Å².